The van der Waals surface area contributed by atoms with E-state index in [1.165, 1.54) is 13.0 Å². The molecule has 2 aliphatic rings. The number of nitrogens with two attached hydrogens (primary N) is 1. The molecule has 3 amide bonds. The lowest BCUT2D eigenvalue weighted by atomic mass is 9.74. The molecule has 1 aromatic carbocycles. The molecular weight excluding hydrogens is 729 g/mol. The van der Waals surface area contributed by atoms with Crippen molar-refractivity contribution in [1.29, 1.82) is 0 Å². The van der Waals surface area contributed by atoms with E-state index in [-0.39, 0.29) is 43.1 Å². The second-order valence-electron chi connectivity index (χ2n) is 14.1. The molecule has 16 heteroatoms. The topological polar surface area (TPSA) is 228 Å². The van der Waals surface area contributed by atoms with Gasteiger partial charge < -0.3 is 41.6 Å². The molecule has 15 nitrogen and oxygen atoms in total. The third-order valence-corrected chi connectivity index (χ3v) is 11.0. The van der Waals surface area contributed by atoms with Gasteiger partial charge in [-0.25, -0.2) is 4.79 Å². The summed E-state index contributed by atoms with van der Waals surface area (Å²) in [4.78, 5) is 51.1. The minimum absolute atomic E-state index is 0.0216. The Kier molecular flexibility index (Phi) is 15.4. The lowest BCUT2D eigenvalue weighted by Crippen LogP contribution is -2.56. The Labute approximate surface area is 323 Å². The van der Waals surface area contributed by atoms with Crippen LogP contribution in [0, 0.1) is 5.41 Å². The normalized spacial score (nSPS) is 17.2. The van der Waals surface area contributed by atoms with Crippen LogP contribution in [-0.4, -0.2) is 74.5 Å². The Morgan fingerprint density at radius 2 is 1.64 bits per heavy atom. The third-order valence-electron chi connectivity index (χ3n) is 9.30. The molecule has 0 bridgehead atoms. The molecule has 55 heavy (non-hydrogen) atoms. The van der Waals surface area contributed by atoms with Crippen LogP contribution in [0.3, 0.4) is 0 Å². The van der Waals surface area contributed by atoms with Gasteiger partial charge in [0.2, 0.25) is 23.7 Å². The first-order valence-corrected chi connectivity index (χ1v) is 19.4. The number of guanidine groups is 1. The second-order valence-corrected chi connectivity index (χ2v) is 15.7. The van der Waals surface area contributed by atoms with E-state index in [1.807, 2.05) is 27.7 Å². The van der Waals surface area contributed by atoms with Crippen molar-refractivity contribution in [1.82, 2.24) is 21.3 Å². The van der Waals surface area contributed by atoms with Crippen LogP contribution in [0.1, 0.15) is 79.2 Å². The van der Waals surface area contributed by atoms with Crippen molar-refractivity contribution in [3.05, 3.63) is 88.3 Å². The van der Waals surface area contributed by atoms with E-state index in [9.17, 15) is 32.7 Å². The average molecular weight is 783 g/mol. The number of benzene rings is 1. The molecule has 300 valence electrons. The number of carboxylic acid groups (broad SMARTS) is 1. The number of carbonyl (C=O) groups is 4. The molecule has 1 aromatic rings. The summed E-state index contributed by atoms with van der Waals surface area (Å²) in [5.74, 6) is -1.76. The maximum atomic E-state index is 13.9. The van der Waals surface area contributed by atoms with Crippen LogP contribution >= 0.6 is 0 Å². The van der Waals surface area contributed by atoms with Crippen molar-refractivity contribution >= 4 is 39.7 Å². The highest BCUT2D eigenvalue weighted by atomic mass is 32.2. The van der Waals surface area contributed by atoms with Crippen molar-refractivity contribution in [2.24, 2.45) is 15.5 Å². The maximum Gasteiger partial charge on any atom is 0.326 e. The van der Waals surface area contributed by atoms with Crippen LogP contribution in [0.25, 0.3) is 0 Å². The highest BCUT2D eigenvalue weighted by molar-refractivity contribution is 7.94. The fraction of sp³-hybridized carbons (Fsp3) is 0.462. The van der Waals surface area contributed by atoms with Gasteiger partial charge in [0, 0.05) is 30.9 Å². The maximum absolute atomic E-state index is 13.9. The van der Waals surface area contributed by atoms with Crippen LogP contribution in [0.4, 0.5) is 0 Å². The molecule has 7 N–H and O–H groups in total. The summed E-state index contributed by atoms with van der Waals surface area (Å²) in [5.41, 5.74) is 8.20. The monoisotopic (exact) mass is 782 g/mol. The zero-order valence-electron chi connectivity index (χ0n) is 32.4. The molecule has 1 heterocycles. The van der Waals surface area contributed by atoms with Crippen LogP contribution in [0.15, 0.2) is 87.1 Å². The molecule has 0 fully saturated rings. The van der Waals surface area contributed by atoms with E-state index >= 15 is 0 Å². The fourth-order valence-electron chi connectivity index (χ4n) is 6.42. The van der Waals surface area contributed by atoms with Crippen molar-refractivity contribution in [3.8, 4) is 5.75 Å². The number of hydrogen-bond donors (Lipinski definition) is 6. The van der Waals surface area contributed by atoms with Crippen LogP contribution in [-0.2, 0) is 40.4 Å². The third kappa shape index (κ3) is 12.1. The summed E-state index contributed by atoms with van der Waals surface area (Å²) < 4.78 is 43.0. The first-order chi connectivity index (χ1) is 25.8. The van der Waals surface area contributed by atoms with Crippen LogP contribution in [0.2, 0.25) is 0 Å². The van der Waals surface area contributed by atoms with Gasteiger partial charge in [-0.05, 0) is 81.7 Å². The average Bonchev–Trinajstić information content (AvgIpc) is 3.09. The highest BCUT2D eigenvalue weighted by Gasteiger charge is 2.43. The molecule has 0 saturated carbocycles. The van der Waals surface area contributed by atoms with Crippen molar-refractivity contribution in [2.45, 2.75) is 98.2 Å². The van der Waals surface area contributed by atoms with Gasteiger partial charge in [-0.1, -0.05) is 44.7 Å². The zero-order chi connectivity index (χ0) is 41.1. The van der Waals surface area contributed by atoms with Crippen LogP contribution < -0.4 is 31.7 Å². The number of amides is 3. The van der Waals surface area contributed by atoms with Crippen molar-refractivity contribution in [2.75, 3.05) is 13.2 Å². The second kappa shape index (κ2) is 19.3. The summed E-state index contributed by atoms with van der Waals surface area (Å²) >= 11 is 0. The van der Waals surface area contributed by atoms with Crippen LogP contribution in [0.5, 0.6) is 5.75 Å². The van der Waals surface area contributed by atoms with Crippen molar-refractivity contribution in [3.63, 3.8) is 0 Å². The first kappa shape index (κ1) is 44.0. The molecule has 1 aliphatic heterocycles. The molecule has 1 aliphatic carbocycles. The van der Waals surface area contributed by atoms with Gasteiger partial charge >= 0.3 is 5.97 Å². The predicted molar refractivity (Wildman–Crippen MR) is 210 cm³/mol. The molecule has 0 radical (unpaired) electrons. The summed E-state index contributed by atoms with van der Waals surface area (Å²) in [6.07, 6.45) is 4.30. The van der Waals surface area contributed by atoms with Gasteiger partial charge in [0.15, 0.2) is 0 Å². The SMILES string of the molecule is C=CCOc1ccc(C[C@H](NC(C)=O)C(=O)N[C@@H](CCCNC(N)=NS(=O)(=O)C2=C3C(C)=C(C)OC(C)=C3CCC2(C)C)C(=O)N[C@H](CC=C)C(=O)O)cc1. The molecule has 3 atom stereocenters. The van der Waals surface area contributed by atoms with E-state index in [0.717, 1.165) is 5.57 Å². The van der Waals surface area contributed by atoms with Gasteiger partial charge in [0.25, 0.3) is 10.0 Å². The van der Waals surface area contributed by atoms with Crippen molar-refractivity contribution < 1.29 is 42.2 Å². The number of ether oxygens (including phenoxy) is 2. The Morgan fingerprint density at radius 3 is 2.24 bits per heavy atom. The summed E-state index contributed by atoms with van der Waals surface area (Å²) in [7, 11) is -4.28. The van der Waals surface area contributed by atoms with E-state index in [1.54, 1.807) is 37.3 Å². The lowest BCUT2D eigenvalue weighted by Gasteiger charge is -2.38. The molecular formula is C39H54N6O9S. The Balaban J connectivity index is 1.80. The first-order valence-electron chi connectivity index (χ1n) is 18.0. The van der Waals surface area contributed by atoms with Gasteiger partial charge in [0.05, 0.1) is 4.91 Å². The lowest BCUT2D eigenvalue weighted by molar-refractivity contribution is -0.142. The van der Waals surface area contributed by atoms with Gasteiger partial charge in [0.1, 0.15) is 42.0 Å². The molecule has 0 spiro atoms. The molecule has 3 rings (SSSR count). The Bertz CT molecular complexity index is 1900. The number of aliphatic carboxylic acids is 1. The number of sulfonamides is 1. The number of nitrogens with one attached hydrogen (secondary N) is 4. The molecule has 0 saturated heterocycles. The summed E-state index contributed by atoms with van der Waals surface area (Å²) in [6, 6.07) is 3.26. The predicted octanol–water partition coefficient (Wildman–Crippen LogP) is 3.62. The smallest absolute Gasteiger partial charge is 0.326 e. The summed E-state index contributed by atoms with van der Waals surface area (Å²) in [6.45, 7) is 17.9. The van der Waals surface area contributed by atoms with E-state index in [2.05, 4.69) is 38.8 Å². The number of hydrogen-bond acceptors (Lipinski definition) is 8. The largest absolute Gasteiger partial charge is 0.490 e. The standard InChI is InChI=1S/C39H54N6O9S/c1-9-12-31(37(49)50)44-35(47)30(43-36(48)32(42-26(6)46)22-27-14-16-28(17-15-27)53-21-10-2)13-11-20-41-38(40)45-55(51,52)34-33-23(3)24(4)54-25(5)29(33)18-19-39(34,7)8/h9-10,14-17,30-32H,1-2,11-13,18-22H2,3-8H3,(H,42,46)(H,43,48)(H,44,47)(H,49,50)(H3,40,41,45)/t30-,31+,32-/m0/s1. The molecule has 0 unspecified atom stereocenters. The zero-order valence-corrected chi connectivity index (χ0v) is 33.2. The molecule has 0 aromatic heterocycles. The number of carboxylic acids is 1. The number of allylic oxidation sites excluding steroid dienone is 6. The van der Waals surface area contributed by atoms with E-state index < -0.39 is 57.3 Å². The number of rotatable bonds is 19. The number of fused-ring (bicyclic) bond motifs is 1. The number of carbonyl (C=O) groups excluding carboxylic acids is 3. The van der Waals surface area contributed by atoms with Gasteiger partial charge in [-0.3, -0.25) is 14.4 Å². The minimum atomic E-state index is -4.28. The fourth-order valence-corrected chi connectivity index (χ4v) is 8.17. The van der Waals surface area contributed by atoms with E-state index in [0.29, 0.717) is 53.4 Å². The Hall–Kier alpha value is -5.38. The quantitative estimate of drug-likeness (QED) is 0.0514. The minimum Gasteiger partial charge on any atom is -0.490 e. The summed E-state index contributed by atoms with van der Waals surface area (Å²) in [5, 5.41) is 20.1. The Morgan fingerprint density at radius 1 is 1.00 bits per heavy atom. The van der Waals surface area contributed by atoms with Gasteiger partial charge in [-0.15, -0.1) is 11.0 Å². The highest BCUT2D eigenvalue weighted by Crippen LogP contribution is 2.50. The van der Waals surface area contributed by atoms with E-state index in [4.69, 9.17) is 15.2 Å². The van der Waals surface area contributed by atoms with Gasteiger partial charge in [-0.2, -0.15) is 8.42 Å². The number of nitrogens with zero attached hydrogens (tertiary/aromatic N) is 1.